The molecule has 2 aliphatic heterocycles. The lowest BCUT2D eigenvalue weighted by Crippen LogP contribution is -2.37. The molecule has 5 rings (SSSR count). The number of piperidine rings is 1. The van der Waals surface area contributed by atoms with Crippen LogP contribution >= 0.6 is 0 Å². The summed E-state index contributed by atoms with van der Waals surface area (Å²) in [4.78, 5) is 26.2. The summed E-state index contributed by atoms with van der Waals surface area (Å²) >= 11 is 0. The molecule has 0 amide bonds. The Balaban J connectivity index is 1.68. The Hall–Kier alpha value is -2.57. The topological polar surface area (TPSA) is 71.8 Å². The van der Waals surface area contributed by atoms with Gasteiger partial charge in [0, 0.05) is 19.3 Å². The second-order valence-electron chi connectivity index (χ2n) is 8.63. The van der Waals surface area contributed by atoms with Gasteiger partial charge in [-0.1, -0.05) is 6.92 Å². The Labute approximate surface area is 161 Å². The summed E-state index contributed by atoms with van der Waals surface area (Å²) in [5, 5.41) is 9.44. The molecule has 0 bridgehead atoms. The monoisotopic (exact) mass is 386 g/mol. The Morgan fingerprint density at radius 1 is 1.32 bits per heavy atom. The molecule has 1 aromatic carbocycles. The Morgan fingerprint density at radius 2 is 2.00 bits per heavy atom. The third-order valence-corrected chi connectivity index (χ3v) is 7.05. The summed E-state index contributed by atoms with van der Waals surface area (Å²) in [6.07, 6.45) is 4.68. The molecule has 1 N–H and O–H groups in total. The highest BCUT2D eigenvalue weighted by atomic mass is 19.1. The van der Waals surface area contributed by atoms with Crippen molar-refractivity contribution in [2.24, 2.45) is 11.3 Å². The lowest BCUT2D eigenvalue weighted by atomic mass is 9.90. The number of hydrogen-bond acceptors (Lipinski definition) is 4. The van der Waals surface area contributed by atoms with Gasteiger partial charge in [-0.25, -0.2) is 9.18 Å². The first-order valence-corrected chi connectivity index (χ1v) is 9.85. The van der Waals surface area contributed by atoms with Gasteiger partial charge < -0.3 is 19.3 Å². The quantitative estimate of drug-likeness (QED) is 0.856. The fourth-order valence-electron chi connectivity index (χ4n) is 5.08. The maximum atomic E-state index is 15.2. The highest BCUT2D eigenvalue weighted by Crippen LogP contribution is 2.59. The molecule has 1 spiro atoms. The van der Waals surface area contributed by atoms with Gasteiger partial charge in [-0.2, -0.15) is 0 Å². The average molecular weight is 386 g/mol. The smallest absolute Gasteiger partial charge is 0.341 e. The summed E-state index contributed by atoms with van der Waals surface area (Å²) in [6, 6.07) is 1.04. The van der Waals surface area contributed by atoms with Crippen molar-refractivity contribution in [2.45, 2.75) is 39.2 Å². The number of carbonyl (C=O) groups is 1. The van der Waals surface area contributed by atoms with Crippen molar-refractivity contribution in [2.75, 3.05) is 24.6 Å². The molecular weight excluding hydrogens is 363 g/mol. The maximum Gasteiger partial charge on any atom is 0.341 e. The molecule has 3 aliphatic rings. The van der Waals surface area contributed by atoms with E-state index in [0.29, 0.717) is 29.0 Å². The van der Waals surface area contributed by atoms with E-state index in [1.807, 2.05) is 11.8 Å². The molecule has 2 aromatic rings. The molecule has 0 radical (unpaired) electrons. The van der Waals surface area contributed by atoms with E-state index in [4.69, 9.17) is 4.74 Å². The van der Waals surface area contributed by atoms with E-state index in [1.165, 1.54) is 18.7 Å². The molecule has 2 fully saturated rings. The number of hydrogen-bond donors (Lipinski definition) is 1. The molecule has 28 heavy (non-hydrogen) atoms. The van der Waals surface area contributed by atoms with E-state index in [9.17, 15) is 14.7 Å². The van der Waals surface area contributed by atoms with Crippen LogP contribution < -0.4 is 15.1 Å². The Bertz CT molecular complexity index is 1070. The molecule has 1 aliphatic carbocycles. The summed E-state index contributed by atoms with van der Waals surface area (Å²) in [5.41, 5.74) is 0.299. The van der Waals surface area contributed by atoms with Gasteiger partial charge in [0.15, 0.2) is 11.6 Å². The van der Waals surface area contributed by atoms with Crippen LogP contribution in [0.4, 0.5) is 10.1 Å². The third-order valence-electron chi connectivity index (χ3n) is 7.05. The molecule has 1 saturated heterocycles. The van der Waals surface area contributed by atoms with Gasteiger partial charge in [-0.3, -0.25) is 4.79 Å². The van der Waals surface area contributed by atoms with Gasteiger partial charge in [-0.15, -0.1) is 0 Å². The molecule has 6 nitrogen and oxygen atoms in total. The van der Waals surface area contributed by atoms with Crippen molar-refractivity contribution in [3.8, 4) is 5.75 Å². The van der Waals surface area contributed by atoms with Crippen molar-refractivity contribution in [3.05, 3.63) is 33.9 Å². The van der Waals surface area contributed by atoms with Gasteiger partial charge >= 0.3 is 5.97 Å². The molecule has 1 aromatic heterocycles. The van der Waals surface area contributed by atoms with E-state index in [0.717, 1.165) is 31.8 Å². The largest absolute Gasteiger partial charge is 0.487 e. The number of ether oxygens (including phenoxy) is 1. The second kappa shape index (κ2) is 5.72. The first kappa shape index (κ1) is 17.5. The number of benzene rings is 1. The Morgan fingerprint density at radius 3 is 2.61 bits per heavy atom. The molecule has 7 heteroatoms. The first-order chi connectivity index (χ1) is 13.3. The minimum Gasteiger partial charge on any atom is -0.487 e. The van der Waals surface area contributed by atoms with E-state index in [-0.39, 0.29) is 17.0 Å². The predicted octanol–water partition coefficient (Wildman–Crippen LogP) is 3.42. The van der Waals surface area contributed by atoms with Crippen molar-refractivity contribution in [1.29, 1.82) is 0 Å². The van der Waals surface area contributed by atoms with Gasteiger partial charge in [-0.05, 0) is 43.6 Å². The molecule has 2 unspecified atom stereocenters. The number of anilines is 1. The number of halogens is 1. The zero-order valence-electron chi connectivity index (χ0n) is 16.0. The lowest BCUT2D eigenvalue weighted by molar-refractivity contribution is 0.0694. The first-order valence-electron chi connectivity index (χ1n) is 9.85. The van der Waals surface area contributed by atoms with Gasteiger partial charge in [0.25, 0.3) is 0 Å². The standard InChI is InChI=1S/C21H23FN2O4/c1-11-8-21(11)3-5-23(6-4-21)17-15(22)7-13-16-19(17)28-10-12(2)24(16)9-14(18(13)25)20(26)27/h7,9,11-12H,3-6,8,10H2,1-2H3,(H,26,27). The highest BCUT2D eigenvalue weighted by molar-refractivity contribution is 5.97. The maximum absolute atomic E-state index is 15.2. The molecular formula is C21H23FN2O4. The Kier molecular flexibility index (Phi) is 3.58. The van der Waals surface area contributed by atoms with Crippen LogP contribution in [0.2, 0.25) is 0 Å². The van der Waals surface area contributed by atoms with Crippen LogP contribution in [0, 0.1) is 17.2 Å². The van der Waals surface area contributed by atoms with Gasteiger partial charge in [0.05, 0.1) is 16.9 Å². The summed E-state index contributed by atoms with van der Waals surface area (Å²) in [5.74, 6) is -0.726. The number of aromatic nitrogens is 1. The van der Waals surface area contributed by atoms with Gasteiger partial charge in [0.1, 0.15) is 17.9 Å². The van der Waals surface area contributed by atoms with Crippen molar-refractivity contribution < 1.29 is 19.0 Å². The fraction of sp³-hybridized carbons (Fsp3) is 0.524. The number of nitrogens with zero attached hydrogens (tertiary/aromatic N) is 2. The summed E-state index contributed by atoms with van der Waals surface area (Å²) < 4.78 is 22.9. The average Bonchev–Trinajstić information content (AvgIpc) is 3.28. The highest BCUT2D eigenvalue weighted by Gasteiger charge is 2.52. The SMILES string of the molecule is CC1COc2c(N3CCC4(CC3)CC4C)c(F)cc3c(=O)c(C(=O)O)cn1c23. The molecule has 3 heterocycles. The second-order valence-corrected chi connectivity index (χ2v) is 8.63. The van der Waals surface area contributed by atoms with Crippen LogP contribution in [0.25, 0.3) is 10.9 Å². The number of rotatable bonds is 2. The third kappa shape index (κ3) is 2.31. The van der Waals surface area contributed by atoms with E-state index >= 15 is 4.39 Å². The van der Waals surface area contributed by atoms with Crippen LogP contribution in [0.5, 0.6) is 5.75 Å². The molecule has 2 atom stereocenters. The van der Waals surface area contributed by atoms with E-state index in [2.05, 4.69) is 6.92 Å². The van der Waals surface area contributed by atoms with E-state index < -0.39 is 17.2 Å². The van der Waals surface area contributed by atoms with Crippen molar-refractivity contribution >= 4 is 22.6 Å². The minimum absolute atomic E-state index is 0.0620. The van der Waals surface area contributed by atoms with Crippen molar-refractivity contribution in [1.82, 2.24) is 4.57 Å². The van der Waals surface area contributed by atoms with Crippen LogP contribution in [0.3, 0.4) is 0 Å². The van der Waals surface area contributed by atoms with Crippen LogP contribution in [-0.2, 0) is 0 Å². The number of carboxylic acids is 1. The zero-order chi connectivity index (χ0) is 19.8. The predicted molar refractivity (Wildman–Crippen MR) is 103 cm³/mol. The number of aromatic carboxylic acids is 1. The number of pyridine rings is 1. The normalized spacial score (nSPS) is 25.0. The molecule has 1 saturated carbocycles. The fourth-order valence-corrected chi connectivity index (χ4v) is 5.08. The van der Waals surface area contributed by atoms with Crippen molar-refractivity contribution in [3.63, 3.8) is 0 Å². The van der Waals surface area contributed by atoms with E-state index in [1.54, 1.807) is 4.57 Å². The summed E-state index contributed by atoms with van der Waals surface area (Å²) in [6.45, 7) is 5.99. The van der Waals surface area contributed by atoms with Crippen LogP contribution in [0.15, 0.2) is 17.1 Å². The summed E-state index contributed by atoms with van der Waals surface area (Å²) in [7, 11) is 0. The zero-order valence-corrected chi connectivity index (χ0v) is 16.0. The van der Waals surface area contributed by atoms with Gasteiger partial charge in [0.2, 0.25) is 5.43 Å². The van der Waals surface area contributed by atoms with Crippen LogP contribution in [-0.4, -0.2) is 35.3 Å². The minimum atomic E-state index is -1.31. The van der Waals surface area contributed by atoms with Crippen LogP contribution in [0.1, 0.15) is 49.5 Å². The number of carboxylic acid groups (broad SMARTS) is 1. The lowest BCUT2D eigenvalue weighted by Gasteiger charge is -2.37. The molecule has 148 valence electrons.